The number of aromatic nitrogens is 2. The number of methoxy groups -OCH3 is 1. The summed E-state index contributed by atoms with van der Waals surface area (Å²) in [4.78, 5) is 19.4. The SMILES string of the molecule is COc1ccccc1Oc1ncnc(Nc2cc(Cl)c(C(C#N)c3ccc(Cl)cc3)cc2C)c1[N+](=O)[O-]. The Morgan fingerprint density at radius 1 is 1.08 bits per heavy atom. The number of nitrogens with zero attached hydrogens (tertiary/aromatic N) is 4. The maximum Gasteiger partial charge on any atom is 0.373 e. The minimum Gasteiger partial charge on any atom is -0.493 e. The van der Waals surface area contributed by atoms with E-state index in [-0.39, 0.29) is 17.4 Å². The van der Waals surface area contributed by atoms with Gasteiger partial charge in [0.1, 0.15) is 6.33 Å². The zero-order chi connectivity index (χ0) is 26.5. The molecule has 0 bridgehead atoms. The van der Waals surface area contributed by atoms with Crippen LogP contribution in [0, 0.1) is 28.4 Å². The molecule has 4 aromatic rings. The lowest BCUT2D eigenvalue weighted by Gasteiger charge is -2.17. The van der Waals surface area contributed by atoms with Crippen molar-refractivity contribution in [3.8, 4) is 23.4 Å². The first-order valence-electron chi connectivity index (χ1n) is 10.8. The lowest BCUT2D eigenvalue weighted by atomic mass is 9.91. The number of benzene rings is 3. The fourth-order valence-electron chi connectivity index (χ4n) is 3.67. The van der Waals surface area contributed by atoms with E-state index in [1.165, 1.54) is 7.11 Å². The molecule has 37 heavy (non-hydrogen) atoms. The predicted molar refractivity (Wildman–Crippen MR) is 140 cm³/mol. The number of anilines is 2. The summed E-state index contributed by atoms with van der Waals surface area (Å²) in [5.74, 6) is -0.347. The molecule has 11 heteroatoms. The lowest BCUT2D eigenvalue weighted by Crippen LogP contribution is -2.06. The molecule has 0 amide bonds. The van der Waals surface area contributed by atoms with Crippen molar-refractivity contribution in [1.82, 2.24) is 9.97 Å². The van der Waals surface area contributed by atoms with Crippen LogP contribution in [0.3, 0.4) is 0 Å². The molecule has 186 valence electrons. The van der Waals surface area contributed by atoms with Crippen LogP contribution in [-0.4, -0.2) is 22.0 Å². The third kappa shape index (κ3) is 5.56. The Kier molecular flexibility index (Phi) is 7.72. The number of aryl methyl sites for hydroxylation is 1. The summed E-state index contributed by atoms with van der Waals surface area (Å²) in [5, 5.41) is 25.7. The first-order valence-corrected chi connectivity index (χ1v) is 11.6. The van der Waals surface area contributed by atoms with Crippen LogP contribution in [0.1, 0.15) is 22.6 Å². The maximum absolute atomic E-state index is 12.0. The molecule has 0 aliphatic heterocycles. The van der Waals surface area contributed by atoms with Gasteiger partial charge >= 0.3 is 11.6 Å². The van der Waals surface area contributed by atoms with Crippen LogP contribution in [0.5, 0.6) is 17.4 Å². The number of hydrogen-bond donors (Lipinski definition) is 1. The van der Waals surface area contributed by atoms with Gasteiger partial charge in [0, 0.05) is 15.7 Å². The second-order valence-corrected chi connectivity index (χ2v) is 8.66. The third-order valence-corrected chi connectivity index (χ3v) is 6.07. The summed E-state index contributed by atoms with van der Waals surface area (Å²) in [7, 11) is 1.46. The quantitative estimate of drug-likeness (QED) is 0.185. The Morgan fingerprint density at radius 3 is 2.43 bits per heavy atom. The van der Waals surface area contributed by atoms with Crippen LogP contribution in [0.15, 0.2) is 67.0 Å². The largest absolute Gasteiger partial charge is 0.493 e. The van der Waals surface area contributed by atoms with Crippen LogP contribution in [0.4, 0.5) is 17.2 Å². The number of nitro groups is 1. The van der Waals surface area contributed by atoms with E-state index in [1.54, 1.807) is 67.6 Å². The number of ether oxygens (including phenoxy) is 2. The molecule has 0 aliphatic carbocycles. The van der Waals surface area contributed by atoms with Gasteiger partial charge in [-0.2, -0.15) is 10.2 Å². The van der Waals surface area contributed by atoms with E-state index in [4.69, 9.17) is 32.7 Å². The average molecular weight is 536 g/mol. The standard InChI is InChI=1S/C26H19Cl2N5O4/c1-15-11-18(19(13-29)16-7-9-17(27)10-8-16)20(28)12-21(15)32-25-24(33(34)35)26(31-14-30-25)37-23-6-4-3-5-22(23)36-2/h3-12,14,19H,1-2H3,(H,30,31,32). The summed E-state index contributed by atoms with van der Waals surface area (Å²) < 4.78 is 11.0. The summed E-state index contributed by atoms with van der Waals surface area (Å²) >= 11 is 12.5. The molecule has 1 aromatic heterocycles. The molecule has 0 fully saturated rings. The monoisotopic (exact) mass is 535 g/mol. The van der Waals surface area contributed by atoms with Crippen molar-refractivity contribution < 1.29 is 14.4 Å². The molecule has 1 N–H and O–H groups in total. The van der Waals surface area contributed by atoms with E-state index >= 15 is 0 Å². The van der Waals surface area contributed by atoms with E-state index < -0.39 is 16.5 Å². The van der Waals surface area contributed by atoms with Crippen LogP contribution >= 0.6 is 23.2 Å². The topological polar surface area (TPSA) is 123 Å². The van der Waals surface area contributed by atoms with Gasteiger partial charge in [0.05, 0.1) is 24.0 Å². The number of hydrogen-bond acceptors (Lipinski definition) is 8. The van der Waals surface area contributed by atoms with Crippen molar-refractivity contribution in [3.63, 3.8) is 0 Å². The van der Waals surface area contributed by atoms with E-state index in [0.29, 0.717) is 32.6 Å². The lowest BCUT2D eigenvalue weighted by molar-refractivity contribution is -0.385. The summed E-state index contributed by atoms with van der Waals surface area (Å²) in [6, 6.07) is 19.3. The van der Waals surface area contributed by atoms with Gasteiger partial charge in [0.25, 0.3) is 0 Å². The Bertz CT molecular complexity index is 1510. The normalized spacial score (nSPS) is 11.3. The molecule has 0 radical (unpaired) electrons. The first kappa shape index (κ1) is 25.7. The molecular weight excluding hydrogens is 517 g/mol. The minimum absolute atomic E-state index is 0.0913. The highest BCUT2D eigenvalue weighted by Crippen LogP contribution is 2.40. The maximum atomic E-state index is 12.0. The van der Waals surface area contributed by atoms with Gasteiger partial charge in [-0.25, -0.2) is 4.98 Å². The van der Waals surface area contributed by atoms with Crippen molar-refractivity contribution in [2.75, 3.05) is 12.4 Å². The summed E-state index contributed by atoms with van der Waals surface area (Å²) in [5.41, 5.74) is 2.01. The van der Waals surface area contributed by atoms with Gasteiger partial charge in [-0.1, -0.05) is 53.5 Å². The van der Waals surface area contributed by atoms with Crippen LogP contribution in [-0.2, 0) is 0 Å². The Hall–Kier alpha value is -4.39. The smallest absolute Gasteiger partial charge is 0.373 e. The van der Waals surface area contributed by atoms with E-state index in [9.17, 15) is 15.4 Å². The zero-order valence-corrected chi connectivity index (χ0v) is 21.1. The molecule has 3 aromatic carbocycles. The second-order valence-electron chi connectivity index (χ2n) is 7.81. The highest BCUT2D eigenvalue weighted by atomic mass is 35.5. The first-order chi connectivity index (χ1) is 17.8. The molecule has 4 rings (SSSR count). The minimum atomic E-state index is -0.634. The summed E-state index contributed by atoms with van der Waals surface area (Å²) in [6.07, 6.45) is 1.15. The number of nitriles is 1. The predicted octanol–water partition coefficient (Wildman–Crippen LogP) is 7.20. The molecule has 0 saturated heterocycles. The Morgan fingerprint density at radius 2 is 1.78 bits per heavy atom. The highest BCUT2D eigenvalue weighted by Gasteiger charge is 2.27. The zero-order valence-electron chi connectivity index (χ0n) is 19.6. The third-order valence-electron chi connectivity index (χ3n) is 5.49. The van der Waals surface area contributed by atoms with Gasteiger partial charge < -0.3 is 14.8 Å². The van der Waals surface area contributed by atoms with E-state index in [1.807, 2.05) is 0 Å². The van der Waals surface area contributed by atoms with Crippen molar-refractivity contribution in [1.29, 1.82) is 5.26 Å². The molecule has 1 unspecified atom stereocenters. The Balaban J connectivity index is 1.69. The molecule has 9 nitrogen and oxygen atoms in total. The molecule has 0 spiro atoms. The molecule has 0 aliphatic rings. The van der Waals surface area contributed by atoms with E-state index in [0.717, 1.165) is 11.9 Å². The second kappa shape index (κ2) is 11.1. The van der Waals surface area contributed by atoms with E-state index in [2.05, 4.69) is 21.4 Å². The van der Waals surface area contributed by atoms with Crippen molar-refractivity contribution in [3.05, 3.63) is 104 Å². The van der Waals surface area contributed by atoms with Crippen molar-refractivity contribution >= 4 is 40.4 Å². The number of rotatable bonds is 8. The molecule has 0 saturated carbocycles. The number of nitrogens with one attached hydrogen (secondary N) is 1. The van der Waals surface area contributed by atoms with Gasteiger partial charge in [-0.15, -0.1) is 0 Å². The van der Waals surface area contributed by atoms with Crippen LogP contribution < -0.4 is 14.8 Å². The van der Waals surface area contributed by atoms with Gasteiger partial charge in [0.15, 0.2) is 11.5 Å². The molecular formula is C26H19Cl2N5O4. The molecule has 1 atom stereocenters. The fourth-order valence-corrected chi connectivity index (χ4v) is 4.07. The fraction of sp³-hybridized carbons (Fsp3) is 0.115. The van der Waals surface area contributed by atoms with Crippen molar-refractivity contribution in [2.24, 2.45) is 0 Å². The number of halogens is 2. The molecule has 1 heterocycles. The van der Waals surface area contributed by atoms with Crippen LogP contribution in [0.25, 0.3) is 0 Å². The number of para-hydroxylation sites is 2. The van der Waals surface area contributed by atoms with Gasteiger partial charge in [-0.05, 0) is 53.9 Å². The average Bonchev–Trinajstić information content (AvgIpc) is 2.88. The van der Waals surface area contributed by atoms with Crippen LogP contribution in [0.2, 0.25) is 10.0 Å². The Labute approximate surface area is 222 Å². The van der Waals surface area contributed by atoms with Gasteiger partial charge in [0.2, 0.25) is 5.82 Å². The van der Waals surface area contributed by atoms with Gasteiger partial charge in [-0.3, -0.25) is 10.1 Å². The highest BCUT2D eigenvalue weighted by molar-refractivity contribution is 6.32. The summed E-state index contributed by atoms with van der Waals surface area (Å²) in [6.45, 7) is 1.79. The van der Waals surface area contributed by atoms with Crippen molar-refractivity contribution in [2.45, 2.75) is 12.8 Å².